The van der Waals surface area contributed by atoms with Gasteiger partial charge in [-0.3, -0.25) is 4.79 Å². The molecule has 98 valence electrons. The SMILES string of the molecule is CCC[C@@]1(C(=O)O)CC[C@H](c2ccc(Cl)cc2)C1. The summed E-state index contributed by atoms with van der Waals surface area (Å²) in [6, 6.07) is 7.82. The van der Waals surface area contributed by atoms with Gasteiger partial charge in [0.25, 0.3) is 0 Å². The fraction of sp³-hybridized carbons (Fsp3) is 0.533. The van der Waals surface area contributed by atoms with Gasteiger partial charge in [0.15, 0.2) is 0 Å². The van der Waals surface area contributed by atoms with Gasteiger partial charge in [-0.1, -0.05) is 37.1 Å². The molecular weight excluding hydrogens is 248 g/mol. The van der Waals surface area contributed by atoms with Crippen molar-refractivity contribution in [3.63, 3.8) is 0 Å². The van der Waals surface area contributed by atoms with Crippen LogP contribution in [0.5, 0.6) is 0 Å². The van der Waals surface area contributed by atoms with Crippen molar-refractivity contribution >= 4 is 17.6 Å². The van der Waals surface area contributed by atoms with E-state index in [2.05, 4.69) is 6.92 Å². The Morgan fingerprint density at radius 3 is 2.67 bits per heavy atom. The number of hydrogen-bond acceptors (Lipinski definition) is 1. The molecule has 3 heteroatoms. The van der Waals surface area contributed by atoms with Crippen LogP contribution in [0.2, 0.25) is 5.02 Å². The maximum Gasteiger partial charge on any atom is 0.309 e. The summed E-state index contributed by atoms with van der Waals surface area (Å²) in [5.41, 5.74) is 0.720. The Morgan fingerprint density at radius 2 is 2.11 bits per heavy atom. The molecule has 1 fully saturated rings. The third-order valence-electron chi connectivity index (χ3n) is 4.13. The quantitative estimate of drug-likeness (QED) is 0.872. The van der Waals surface area contributed by atoms with Crippen molar-refractivity contribution in [2.24, 2.45) is 5.41 Å². The molecule has 2 atom stereocenters. The maximum atomic E-state index is 11.5. The summed E-state index contributed by atoms with van der Waals surface area (Å²) in [4.78, 5) is 11.5. The van der Waals surface area contributed by atoms with E-state index in [0.717, 1.165) is 37.1 Å². The molecule has 0 bridgehead atoms. The molecule has 0 spiro atoms. The van der Waals surface area contributed by atoms with Gasteiger partial charge in [-0.2, -0.15) is 0 Å². The number of carboxylic acids is 1. The highest BCUT2D eigenvalue weighted by molar-refractivity contribution is 6.30. The Morgan fingerprint density at radius 1 is 1.44 bits per heavy atom. The zero-order valence-electron chi connectivity index (χ0n) is 10.7. The lowest BCUT2D eigenvalue weighted by molar-refractivity contribution is -0.149. The summed E-state index contributed by atoms with van der Waals surface area (Å²) >= 11 is 5.88. The van der Waals surface area contributed by atoms with Crippen LogP contribution in [0.1, 0.15) is 50.5 Å². The topological polar surface area (TPSA) is 37.3 Å². The Bertz CT molecular complexity index is 427. The molecule has 1 aromatic carbocycles. The normalized spacial score (nSPS) is 27.3. The van der Waals surface area contributed by atoms with Crippen LogP contribution in [0.4, 0.5) is 0 Å². The van der Waals surface area contributed by atoms with Crippen molar-refractivity contribution in [1.82, 2.24) is 0 Å². The van der Waals surface area contributed by atoms with Gasteiger partial charge in [0.1, 0.15) is 0 Å². The zero-order chi connectivity index (χ0) is 13.2. The van der Waals surface area contributed by atoms with Crippen LogP contribution in [0.25, 0.3) is 0 Å². The lowest BCUT2D eigenvalue weighted by Crippen LogP contribution is -2.27. The monoisotopic (exact) mass is 266 g/mol. The van der Waals surface area contributed by atoms with E-state index in [4.69, 9.17) is 11.6 Å². The second-order valence-electron chi connectivity index (χ2n) is 5.33. The molecule has 18 heavy (non-hydrogen) atoms. The fourth-order valence-corrected chi connectivity index (χ4v) is 3.28. The predicted octanol–water partition coefficient (Wildman–Crippen LogP) is 4.48. The number of carbonyl (C=O) groups is 1. The lowest BCUT2D eigenvalue weighted by atomic mass is 9.80. The van der Waals surface area contributed by atoms with Crippen molar-refractivity contribution in [3.8, 4) is 0 Å². The van der Waals surface area contributed by atoms with Gasteiger partial charge in [-0.25, -0.2) is 0 Å². The van der Waals surface area contributed by atoms with E-state index in [1.807, 2.05) is 24.3 Å². The first-order valence-corrected chi connectivity index (χ1v) is 6.94. The number of carboxylic acid groups (broad SMARTS) is 1. The summed E-state index contributed by atoms with van der Waals surface area (Å²) in [6.45, 7) is 2.06. The van der Waals surface area contributed by atoms with Crippen LogP contribution < -0.4 is 0 Å². The van der Waals surface area contributed by atoms with Gasteiger partial charge in [0.2, 0.25) is 0 Å². The number of benzene rings is 1. The highest BCUT2D eigenvalue weighted by Gasteiger charge is 2.44. The molecule has 1 aliphatic rings. The molecule has 0 amide bonds. The smallest absolute Gasteiger partial charge is 0.309 e. The Kier molecular flexibility index (Phi) is 3.96. The average molecular weight is 267 g/mol. The summed E-state index contributed by atoms with van der Waals surface area (Å²) in [6.07, 6.45) is 4.24. The number of rotatable bonds is 4. The van der Waals surface area contributed by atoms with E-state index in [-0.39, 0.29) is 0 Å². The van der Waals surface area contributed by atoms with Crippen LogP contribution in [-0.4, -0.2) is 11.1 Å². The zero-order valence-corrected chi connectivity index (χ0v) is 11.4. The molecule has 0 aromatic heterocycles. The summed E-state index contributed by atoms with van der Waals surface area (Å²) in [5.74, 6) is -0.259. The minimum absolute atomic E-state index is 0.366. The molecule has 1 aliphatic carbocycles. The minimum Gasteiger partial charge on any atom is -0.481 e. The summed E-state index contributed by atoms with van der Waals surface area (Å²) in [7, 11) is 0. The van der Waals surface area contributed by atoms with E-state index in [1.165, 1.54) is 5.56 Å². The van der Waals surface area contributed by atoms with Crippen LogP contribution in [-0.2, 0) is 4.79 Å². The first-order chi connectivity index (χ1) is 8.57. The van der Waals surface area contributed by atoms with Gasteiger partial charge in [-0.05, 0) is 49.3 Å². The molecule has 2 rings (SSSR count). The van der Waals surface area contributed by atoms with Crippen molar-refractivity contribution in [2.75, 3.05) is 0 Å². The molecule has 0 aliphatic heterocycles. The van der Waals surface area contributed by atoms with Gasteiger partial charge < -0.3 is 5.11 Å². The molecule has 1 saturated carbocycles. The second-order valence-corrected chi connectivity index (χ2v) is 5.76. The van der Waals surface area contributed by atoms with E-state index < -0.39 is 11.4 Å². The second kappa shape index (κ2) is 5.31. The van der Waals surface area contributed by atoms with Crippen LogP contribution in [0.15, 0.2) is 24.3 Å². The average Bonchev–Trinajstić information content (AvgIpc) is 2.76. The van der Waals surface area contributed by atoms with Crippen molar-refractivity contribution in [2.45, 2.75) is 44.9 Å². The van der Waals surface area contributed by atoms with Crippen molar-refractivity contribution < 1.29 is 9.90 Å². The molecule has 1 N–H and O–H groups in total. The van der Waals surface area contributed by atoms with E-state index >= 15 is 0 Å². The Balaban J connectivity index is 2.15. The van der Waals surface area contributed by atoms with Crippen LogP contribution >= 0.6 is 11.6 Å². The van der Waals surface area contributed by atoms with Crippen molar-refractivity contribution in [3.05, 3.63) is 34.9 Å². The lowest BCUT2D eigenvalue weighted by Gasteiger charge is -2.23. The molecule has 0 heterocycles. The van der Waals surface area contributed by atoms with Crippen LogP contribution in [0.3, 0.4) is 0 Å². The third-order valence-corrected chi connectivity index (χ3v) is 4.38. The number of hydrogen-bond donors (Lipinski definition) is 1. The summed E-state index contributed by atoms with van der Waals surface area (Å²) in [5, 5.41) is 10.2. The number of halogens is 1. The van der Waals surface area contributed by atoms with E-state index in [9.17, 15) is 9.90 Å². The van der Waals surface area contributed by atoms with Crippen LogP contribution in [0, 0.1) is 5.41 Å². The molecule has 0 unspecified atom stereocenters. The minimum atomic E-state index is -0.624. The Hall–Kier alpha value is -1.02. The molecule has 2 nitrogen and oxygen atoms in total. The molecule has 0 saturated heterocycles. The highest BCUT2D eigenvalue weighted by atomic mass is 35.5. The standard InChI is InChI=1S/C15H19ClO2/c1-2-8-15(14(17)18)9-7-12(10-15)11-3-5-13(16)6-4-11/h3-6,12H,2,7-10H2,1H3,(H,17,18)/t12-,15+/m0/s1. The maximum absolute atomic E-state index is 11.5. The molecule has 0 radical (unpaired) electrons. The summed E-state index contributed by atoms with van der Waals surface area (Å²) < 4.78 is 0. The van der Waals surface area contributed by atoms with Gasteiger partial charge >= 0.3 is 5.97 Å². The number of aliphatic carboxylic acids is 1. The highest BCUT2D eigenvalue weighted by Crippen LogP contribution is 2.49. The van der Waals surface area contributed by atoms with E-state index in [0.29, 0.717) is 5.92 Å². The largest absolute Gasteiger partial charge is 0.481 e. The third kappa shape index (κ3) is 2.54. The van der Waals surface area contributed by atoms with E-state index in [1.54, 1.807) is 0 Å². The van der Waals surface area contributed by atoms with Gasteiger partial charge in [-0.15, -0.1) is 0 Å². The molecule has 1 aromatic rings. The Labute approximate surface area is 113 Å². The fourth-order valence-electron chi connectivity index (χ4n) is 3.15. The first-order valence-electron chi connectivity index (χ1n) is 6.56. The molecular formula is C15H19ClO2. The first kappa shape index (κ1) is 13.4. The predicted molar refractivity (Wildman–Crippen MR) is 73.0 cm³/mol. The van der Waals surface area contributed by atoms with Gasteiger partial charge in [0.05, 0.1) is 5.41 Å². The van der Waals surface area contributed by atoms with Crippen molar-refractivity contribution in [1.29, 1.82) is 0 Å². The van der Waals surface area contributed by atoms with Gasteiger partial charge in [0, 0.05) is 5.02 Å².